The predicted molar refractivity (Wildman–Crippen MR) is 66.3 cm³/mol. The van der Waals surface area contributed by atoms with Gasteiger partial charge in [0.2, 0.25) is 0 Å². The molecule has 2 rings (SSSR count). The third-order valence-corrected chi connectivity index (χ3v) is 4.33. The monoisotopic (exact) mass is 302 g/mol. The molecule has 0 aromatic heterocycles. The van der Waals surface area contributed by atoms with Crippen molar-refractivity contribution < 1.29 is 25.9 Å². The molecule has 0 saturated carbocycles. The highest BCUT2D eigenvalue weighted by Crippen LogP contribution is 2.33. The molecule has 0 amide bonds. The SMILES string of the molecule is [NH]c1ccc(S(=O)(=O)O)c2cccc(S(=O)(=O)O)c12. The Bertz CT molecular complexity index is 870. The summed E-state index contributed by atoms with van der Waals surface area (Å²) in [6, 6.07) is 5.52. The van der Waals surface area contributed by atoms with E-state index in [1.807, 2.05) is 0 Å². The number of rotatable bonds is 2. The third kappa shape index (κ3) is 2.40. The first-order valence-corrected chi connectivity index (χ1v) is 7.72. The van der Waals surface area contributed by atoms with E-state index in [4.69, 9.17) is 14.8 Å². The van der Waals surface area contributed by atoms with E-state index in [0.29, 0.717) is 0 Å². The van der Waals surface area contributed by atoms with Gasteiger partial charge < -0.3 is 5.73 Å². The van der Waals surface area contributed by atoms with Crippen LogP contribution < -0.4 is 5.73 Å². The zero-order chi connectivity index (χ0) is 14.4. The molecule has 19 heavy (non-hydrogen) atoms. The Balaban J connectivity index is 3.09. The van der Waals surface area contributed by atoms with Gasteiger partial charge in [-0.15, -0.1) is 0 Å². The van der Waals surface area contributed by atoms with Crippen LogP contribution in [0.1, 0.15) is 0 Å². The summed E-state index contributed by atoms with van der Waals surface area (Å²) >= 11 is 0. The summed E-state index contributed by atoms with van der Waals surface area (Å²) in [6.45, 7) is 0. The van der Waals surface area contributed by atoms with Crippen molar-refractivity contribution in [2.45, 2.75) is 9.79 Å². The van der Waals surface area contributed by atoms with Gasteiger partial charge in [0, 0.05) is 10.8 Å². The second-order valence-corrected chi connectivity index (χ2v) is 6.52. The summed E-state index contributed by atoms with van der Waals surface area (Å²) < 4.78 is 63.0. The lowest BCUT2D eigenvalue weighted by molar-refractivity contribution is 0.481. The van der Waals surface area contributed by atoms with E-state index in [0.717, 1.165) is 18.2 Å². The minimum absolute atomic E-state index is 0.148. The minimum atomic E-state index is -4.61. The molecule has 0 spiro atoms. The molecule has 2 aromatic carbocycles. The van der Waals surface area contributed by atoms with Gasteiger partial charge in [0.05, 0.1) is 5.69 Å². The predicted octanol–water partition coefficient (Wildman–Crippen LogP) is 1.25. The van der Waals surface area contributed by atoms with Gasteiger partial charge in [0.25, 0.3) is 20.2 Å². The molecule has 1 radical (unpaired) electrons. The fraction of sp³-hybridized carbons (Fsp3) is 0. The Labute approximate surface area is 109 Å². The first-order chi connectivity index (χ1) is 8.62. The number of hydrogen-bond acceptors (Lipinski definition) is 4. The number of hydrogen-bond donors (Lipinski definition) is 2. The number of fused-ring (bicyclic) bond motifs is 1. The Morgan fingerprint density at radius 2 is 1.42 bits per heavy atom. The Kier molecular flexibility index (Phi) is 3.01. The van der Waals surface area contributed by atoms with Crippen LogP contribution in [0, 0.1) is 0 Å². The van der Waals surface area contributed by atoms with Crippen LogP contribution in [0.25, 0.3) is 10.8 Å². The van der Waals surface area contributed by atoms with E-state index in [-0.39, 0.29) is 16.5 Å². The molecular formula is C10H8NO6S2. The van der Waals surface area contributed by atoms with Crippen molar-refractivity contribution in [1.82, 2.24) is 5.73 Å². The van der Waals surface area contributed by atoms with Crippen molar-refractivity contribution in [2.75, 3.05) is 0 Å². The molecule has 9 heteroatoms. The van der Waals surface area contributed by atoms with Crippen LogP contribution in [0.15, 0.2) is 40.1 Å². The Morgan fingerprint density at radius 1 is 0.842 bits per heavy atom. The maximum Gasteiger partial charge on any atom is 0.295 e. The van der Waals surface area contributed by atoms with Gasteiger partial charge in [-0.1, -0.05) is 12.1 Å². The van der Waals surface area contributed by atoms with Crippen LogP contribution in [-0.2, 0) is 20.2 Å². The molecule has 0 saturated heterocycles. The van der Waals surface area contributed by atoms with Gasteiger partial charge in [0.15, 0.2) is 0 Å². The summed E-state index contributed by atoms with van der Waals surface area (Å²) in [5, 5.41) is -0.412. The maximum absolute atomic E-state index is 11.2. The summed E-state index contributed by atoms with van der Waals surface area (Å²) in [6.07, 6.45) is 0. The van der Waals surface area contributed by atoms with Crippen molar-refractivity contribution in [3.63, 3.8) is 0 Å². The molecule has 0 bridgehead atoms. The average Bonchev–Trinajstić information content (AvgIpc) is 2.25. The lowest BCUT2D eigenvalue weighted by Gasteiger charge is -2.09. The molecule has 101 valence electrons. The molecule has 0 aliphatic rings. The van der Waals surface area contributed by atoms with E-state index in [9.17, 15) is 16.8 Å². The van der Waals surface area contributed by atoms with Crippen molar-refractivity contribution in [2.24, 2.45) is 0 Å². The molecule has 7 nitrogen and oxygen atoms in total. The highest BCUT2D eigenvalue weighted by Gasteiger charge is 2.21. The molecule has 0 atom stereocenters. The molecule has 2 aromatic rings. The fourth-order valence-electron chi connectivity index (χ4n) is 1.79. The van der Waals surface area contributed by atoms with Crippen LogP contribution >= 0.6 is 0 Å². The van der Waals surface area contributed by atoms with Crippen LogP contribution in [0.4, 0.5) is 5.69 Å². The molecule has 0 aliphatic carbocycles. The summed E-state index contributed by atoms with van der Waals surface area (Å²) in [7, 11) is -9.18. The van der Waals surface area contributed by atoms with E-state index in [1.165, 1.54) is 12.1 Å². The zero-order valence-electron chi connectivity index (χ0n) is 9.23. The van der Waals surface area contributed by atoms with Gasteiger partial charge in [-0.05, 0) is 18.2 Å². The maximum atomic E-state index is 11.2. The number of nitrogens with one attached hydrogen (secondary N) is 1. The highest BCUT2D eigenvalue weighted by molar-refractivity contribution is 7.86. The summed E-state index contributed by atoms with van der Waals surface area (Å²) in [5.74, 6) is 0. The van der Waals surface area contributed by atoms with Crippen LogP contribution in [0.5, 0.6) is 0 Å². The molecular weight excluding hydrogens is 294 g/mol. The molecule has 3 N–H and O–H groups in total. The van der Waals surface area contributed by atoms with Crippen LogP contribution in [-0.4, -0.2) is 25.9 Å². The second kappa shape index (κ2) is 4.17. The van der Waals surface area contributed by atoms with Crippen molar-refractivity contribution >= 4 is 36.7 Å². The van der Waals surface area contributed by atoms with Crippen molar-refractivity contribution in [1.29, 1.82) is 0 Å². The highest BCUT2D eigenvalue weighted by atomic mass is 32.2. The van der Waals surface area contributed by atoms with Gasteiger partial charge in [-0.25, -0.2) is 0 Å². The van der Waals surface area contributed by atoms with Gasteiger partial charge in [-0.3, -0.25) is 9.11 Å². The van der Waals surface area contributed by atoms with E-state index < -0.39 is 30.0 Å². The van der Waals surface area contributed by atoms with Crippen LogP contribution in [0.3, 0.4) is 0 Å². The van der Waals surface area contributed by atoms with Gasteiger partial charge >= 0.3 is 0 Å². The molecule has 0 aliphatic heterocycles. The third-order valence-electron chi connectivity index (χ3n) is 2.52. The Morgan fingerprint density at radius 3 is 1.95 bits per heavy atom. The van der Waals surface area contributed by atoms with E-state index >= 15 is 0 Å². The quantitative estimate of drug-likeness (QED) is 0.802. The van der Waals surface area contributed by atoms with Crippen LogP contribution in [0.2, 0.25) is 0 Å². The fourth-order valence-corrected chi connectivity index (χ4v) is 3.20. The smallest absolute Gasteiger partial charge is 0.295 e. The normalized spacial score (nSPS) is 12.7. The van der Waals surface area contributed by atoms with E-state index in [2.05, 4.69) is 0 Å². The van der Waals surface area contributed by atoms with Gasteiger partial charge in [0.1, 0.15) is 9.79 Å². The van der Waals surface area contributed by atoms with E-state index in [1.54, 1.807) is 0 Å². The average molecular weight is 302 g/mol. The molecule has 0 heterocycles. The minimum Gasteiger partial charge on any atom is -0.300 e. The standard InChI is InChI=1S/C10H8NO6S2/c11-7-4-5-8(18(12,13)14)6-2-1-3-9(10(6)7)19(15,16)17/h1-5,11H,(H,12,13,14)(H,15,16,17). The lowest BCUT2D eigenvalue weighted by Crippen LogP contribution is -2.03. The summed E-state index contributed by atoms with van der Waals surface area (Å²) in [4.78, 5) is -1.11. The summed E-state index contributed by atoms with van der Waals surface area (Å²) in [5.41, 5.74) is 7.35. The first kappa shape index (κ1) is 13.7. The first-order valence-electron chi connectivity index (χ1n) is 4.84. The molecule has 0 unspecified atom stereocenters. The van der Waals surface area contributed by atoms with Gasteiger partial charge in [-0.2, -0.15) is 16.8 Å². The van der Waals surface area contributed by atoms with Crippen molar-refractivity contribution in [3.8, 4) is 0 Å². The number of benzene rings is 2. The van der Waals surface area contributed by atoms with Crippen molar-refractivity contribution in [3.05, 3.63) is 30.3 Å². The second-order valence-electron chi connectivity index (χ2n) is 3.74. The largest absolute Gasteiger partial charge is 0.300 e. The molecule has 0 fully saturated rings. The zero-order valence-corrected chi connectivity index (χ0v) is 10.9. The Hall–Kier alpha value is -1.68. The topological polar surface area (TPSA) is 133 Å². The lowest BCUT2D eigenvalue weighted by atomic mass is 10.1.